The maximum Gasteiger partial charge on any atom is 0.228 e. The van der Waals surface area contributed by atoms with Crippen molar-refractivity contribution in [2.45, 2.75) is 38.9 Å². The third-order valence-electron chi connectivity index (χ3n) is 4.97. The number of hydrogen-bond acceptors (Lipinski definition) is 4. The first kappa shape index (κ1) is 17.9. The highest BCUT2D eigenvalue weighted by Gasteiger charge is 2.63. The van der Waals surface area contributed by atoms with Gasteiger partial charge >= 0.3 is 0 Å². The largest absolute Gasteiger partial charge is 0.355 e. The highest BCUT2D eigenvalue weighted by Crippen LogP contribution is 2.49. The van der Waals surface area contributed by atoms with Crippen LogP contribution >= 0.6 is 0 Å². The first-order valence-corrected chi connectivity index (χ1v) is 9.81. The molecule has 2 unspecified atom stereocenters. The predicted octanol–water partition coefficient (Wildman–Crippen LogP) is 1.03. The summed E-state index contributed by atoms with van der Waals surface area (Å²) >= 11 is 0. The molecular formula is C17H26N2O3S. The van der Waals surface area contributed by atoms with Crippen LogP contribution in [0.3, 0.4) is 0 Å². The molecule has 0 radical (unpaired) electrons. The quantitative estimate of drug-likeness (QED) is 0.811. The molecule has 1 amide bonds. The third-order valence-corrected chi connectivity index (χ3v) is 6.62. The van der Waals surface area contributed by atoms with E-state index in [1.165, 1.54) is 28.5 Å². The van der Waals surface area contributed by atoms with Gasteiger partial charge in [0.05, 0.1) is 10.7 Å². The predicted molar refractivity (Wildman–Crippen MR) is 92.1 cm³/mol. The van der Waals surface area contributed by atoms with Gasteiger partial charge in [-0.2, -0.15) is 0 Å². The van der Waals surface area contributed by atoms with Crippen LogP contribution in [0.5, 0.6) is 0 Å². The maximum atomic E-state index is 12.4. The molecule has 5 nitrogen and oxygen atoms in total. The van der Waals surface area contributed by atoms with Crippen molar-refractivity contribution < 1.29 is 13.2 Å². The zero-order chi connectivity index (χ0) is 17.4. The lowest BCUT2D eigenvalue weighted by molar-refractivity contribution is -0.125. The molecule has 2 atom stereocenters. The molecular weight excluding hydrogens is 312 g/mol. The van der Waals surface area contributed by atoms with Crippen molar-refractivity contribution in [3.05, 3.63) is 34.4 Å². The van der Waals surface area contributed by atoms with E-state index in [0.29, 0.717) is 13.0 Å². The van der Waals surface area contributed by atoms with E-state index in [1.54, 1.807) is 0 Å². The van der Waals surface area contributed by atoms with Gasteiger partial charge in [-0.05, 0) is 55.9 Å². The summed E-state index contributed by atoms with van der Waals surface area (Å²) in [4.78, 5) is 12.4. The molecule has 1 aliphatic rings. The first-order valence-electron chi connectivity index (χ1n) is 7.86. The second kappa shape index (κ2) is 6.24. The Balaban J connectivity index is 1.97. The van der Waals surface area contributed by atoms with Crippen LogP contribution in [0, 0.1) is 26.2 Å². The Labute approximate surface area is 138 Å². The number of nitrogens with two attached hydrogens (primary N) is 1. The van der Waals surface area contributed by atoms with E-state index in [0.717, 1.165) is 6.42 Å². The van der Waals surface area contributed by atoms with Gasteiger partial charge in [0.15, 0.2) is 9.84 Å². The zero-order valence-electron chi connectivity index (χ0n) is 14.3. The van der Waals surface area contributed by atoms with Crippen molar-refractivity contribution in [2.24, 2.45) is 11.1 Å². The number of rotatable bonds is 6. The van der Waals surface area contributed by atoms with E-state index < -0.39 is 20.5 Å². The molecule has 1 aliphatic carbocycles. The number of benzene rings is 1. The Morgan fingerprint density at radius 2 is 1.87 bits per heavy atom. The van der Waals surface area contributed by atoms with Gasteiger partial charge in [0, 0.05) is 19.3 Å². The van der Waals surface area contributed by atoms with Crippen LogP contribution in [-0.2, 0) is 21.1 Å². The lowest BCUT2D eigenvalue weighted by Crippen LogP contribution is -2.40. The topological polar surface area (TPSA) is 89.3 Å². The maximum absolute atomic E-state index is 12.4. The fourth-order valence-corrected chi connectivity index (χ4v) is 4.78. The Hall–Kier alpha value is -1.40. The van der Waals surface area contributed by atoms with Gasteiger partial charge in [0.2, 0.25) is 5.91 Å². The molecule has 0 heterocycles. The minimum absolute atomic E-state index is 0.0687. The van der Waals surface area contributed by atoms with Crippen LogP contribution in [0.15, 0.2) is 12.1 Å². The molecule has 0 bridgehead atoms. The van der Waals surface area contributed by atoms with E-state index in [9.17, 15) is 13.2 Å². The van der Waals surface area contributed by atoms with E-state index >= 15 is 0 Å². The summed E-state index contributed by atoms with van der Waals surface area (Å²) in [6.45, 7) is 6.77. The number of carbonyl (C=O) groups excluding carboxylic acids is 1. The molecule has 1 fully saturated rings. The van der Waals surface area contributed by atoms with Gasteiger partial charge in [0.1, 0.15) is 0 Å². The standard InChI is InChI=1S/C17H26N2O3S/c1-11-7-13(3)14(8-12(11)2)5-6-19-16(20)17(10-18)9-15(17)23(4,21)22/h7-8,15H,5-6,9-10,18H2,1-4H3,(H,19,20). The average molecular weight is 338 g/mol. The SMILES string of the molecule is Cc1cc(C)c(CCNC(=O)C2(CN)CC2S(C)(=O)=O)cc1C. The number of nitrogens with one attached hydrogen (secondary N) is 1. The molecule has 3 N–H and O–H groups in total. The summed E-state index contributed by atoms with van der Waals surface area (Å²) in [5.74, 6) is -0.239. The molecule has 0 aliphatic heterocycles. The van der Waals surface area contributed by atoms with Gasteiger partial charge in [-0.15, -0.1) is 0 Å². The molecule has 128 valence electrons. The van der Waals surface area contributed by atoms with Crippen LogP contribution in [0.1, 0.15) is 28.7 Å². The second-order valence-corrected chi connectivity index (χ2v) is 8.98. The van der Waals surface area contributed by atoms with Crippen LogP contribution in [0.2, 0.25) is 0 Å². The summed E-state index contributed by atoms with van der Waals surface area (Å²) in [5, 5.41) is 2.23. The number of amides is 1. The van der Waals surface area contributed by atoms with Crippen LogP contribution in [0.25, 0.3) is 0 Å². The molecule has 1 aromatic rings. The minimum atomic E-state index is -3.23. The van der Waals surface area contributed by atoms with Crippen molar-refractivity contribution in [2.75, 3.05) is 19.3 Å². The molecule has 2 rings (SSSR count). The van der Waals surface area contributed by atoms with Crippen LogP contribution in [0.4, 0.5) is 0 Å². The van der Waals surface area contributed by atoms with E-state index in [-0.39, 0.29) is 12.5 Å². The number of carbonyl (C=O) groups is 1. The van der Waals surface area contributed by atoms with E-state index in [1.807, 2.05) is 0 Å². The van der Waals surface area contributed by atoms with Gasteiger partial charge in [0.25, 0.3) is 0 Å². The Kier molecular flexibility index (Phi) is 4.87. The lowest BCUT2D eigenvalue weighted by Gasteiger charge is -2.15. The van der Waals surface area contributed by atoms with Crippen LogP contribution < -0.4 is 11.1 Å². The van der Waals surface area contributed by atoms with Gasteiger partial charge < -0.3 is 11.1 Å². The summed E-state index contributed by atoms with van der Waals surface area (Å²) in [6.07, 6.45) is 2.22. The Morgan fingerprint density at radius 1 is 1.26 bits per heavy atom. The zero-order valence-corrected chi connectivity index (χ0v) is 15.1. The van der Waals surface area contributed by atoms with Gasteiger partial charge in [-0.3, -0.25) is 4.79 Å². The second-order valence-electron chi connectivity index (χ2n) is 6.75. The van der Waals surface area contributed by atoms with E-state index in [4.69, 9.17) is 5.73 Å². The highest BCUT2D eigenvalue weighted by molar-refractivity contribution is 7.91. The molecule has 1 saturated carbocycles. The van der Waals surface area contributed by atoms with Gasteiger partial charge in [-0.25, -0.2) is 8.42 Å². The fraction of sp³-hybridized carbons (Fsp3) is 0.588. The molecule has 0 spiro atoms. The van der Waals surface area contributed by atoms with Crippen molar-refractivity contribution in [1.82, 2.24) is 5.32 Å². The Morgan fingerprint density at radius 3 is 2.39 bits per heavy atom. The lowest BCUT2D eigenvalue weighted by atomic mass is 9.98. The van der Waals surface area contributed by atoms with Crippen molar-refractivity contribution in [3.63, 3.8) is 0 Å². The van der Waals surface area contributed by atoms with Crippen molar-refractivity contribution >= 4 is 15.7 Å². The monoisotopic (exact) mass is 338 g/mol. The summed E-state index contributed by atoms with van der Waals surface area (Å²) in [5.41, 5.74) is 9.64. The molecule has 23 heavy (non-hydrogen) atoms. The molecule has 6 heteroatoms. The van der Waals surface area contributed by atoms with Crippen molar-refractivity contribution in [3.8, 4) is 0 Å². The first-order chi connectivity index (χ1) is 10.6. The summed E-state index contributed by atoms with van der Waals surface area (Å²) in [7, 11) is -3.23. The average Bonchev–Trinajstić information content (AvgIpc) is 3.20. The Bertz CT molecular complexity index is 728. The smallest absolute Gasteiger partial charge is 0.228 e. The number of hydrogen-bond donors (Lipinski definition) is 2. The molecule has 0 saturated heterocycles. The summed E-state index contributed by atoms with van der Waals surface area (Å²) < 4.78 is 23.3. The fourth-order valence-electron chi connectivity index (χ4n) is 3.16. The van der Waals surface area contributed by atoms with E-state index in [2.05, 4.69) is 38.2 Å². The number of sulfone groups is 1. The van der Waals surface area contributed by atoms with Gasteiger partial charge in [-0.1, -0.05) is 12.1 Å². The normalized spacial score (nSPS) is 23.6. The molecule has 0 aromatic heterocycles. The third kappa shape index (κ3) is 3.58. The highest BCUT2D eigenvalue weighted by atomic mass is 32.2. The molecule has 1 aromatic carbocycles. The van der Waals surface area contributed by atoms with Crippen LogP contribution in [-0.4, -0.2) is 38.9 Å². The minimum Gasteiger partial charge on any atom is -0.355 e. The number of aryl methyl sites for hydroxylation is 3. The summed E-state index contributed by atoms with van der Waals surface area (Å²) in [6, 6.07) is 4.29. The van der Waals surface area contributed by atoms with Crippen molar-refractivity contribution in [1.29, 1.82) is 0 Å².